The van der Waals surface area contributed by atoms with Crippen molar-refractivity contribution in [3.8, 4) is 5.69 Å². The number of amides is 1. The van der Waals surface area contributed by atoms with Gasteiger partial charge in [0.25, 0.3) is 5.91 Å². The molecule has 6 heteroatoms. The molecule has 1 aliphatic rings. The first-order chi connectivity index (χ1) is 10.5. The summed E-state index contributed by atoms with van der Waals surface area (Å²) in [6.07, 6.45) is 1.70. The number of nitrogens with one attached hydrogen (secondary N) is 1. The van der Waals surface area contributed by atoms with Gasteiger partial charge in [-0.1, -0.05) is 17.3 Å². The summed E-state index contributed by atoms with van der Waals surface area (Å²) >= 11 is 0. The minimum absolute atomic E-state index is 0.0564. The summed E-state index contributed by atoms with van der Waals surface area (Å²) in [5.74, 6) is -0.0564. The number of carbonyl (C=O) groups excluding carboxylic acids is 1. The smallest absolute Gasteiger partial charge is 0.276 e. The molecule has 2 atom stereocenters. The molecule has 2 aromatic rings. The Morgan fingerprint density at radius 3 is 2.68 bits per heavy atom. The molecule has 1 aromatic carbocycles. The molecule has 1 saturated heterocycles. The Morgan fingerprint density at radius 1 is 1.27 bits per heavy atom. The number of hydrogen-bond donors (Lipinski definition) is 1. The summed E-state index contributed by atoms with van der Waals surface area (Å²) in [7, 11) is 0. The molecule has 116 valence electrons. The summed E-state index contributed by atoms with van der Waals surface area (Å²) in [4.78, 5) is 14.4. The van der Waals surface area contributed by atoms with Crippen LogP contribution in [0.15, 0.2) is 30.5 Å². The van der Waals surface area contributed by atoms with E-state index in [0.29, 0.717) is 30.9 Å². The molecule has 1 fully saturated rings. The van der Waals surface area contributed by atoms with Gasteiger partial charge >= 0.3 is 0 Å². The molecule has 0 saturated carbocycles. The first kappa shape index (κ1) is 14.7. The molecule has 1 aromatic heterocycles. The SMILES string of the molecule is Cc1cccc(-n2cc(C(=O)N3CC(C)NC(C)C3)nn2)c1. The fraction of sp³-hybridized carbons (Fsp3) is 0.438. The van der Waals surface area contributed by atoms with Crippen molar-refractivity contribution >= 4 is 5.91 Å². The maximum Gasteiger partial charge on any atom is 0.276 e. The van der Waals surface area contributed by atoms with E-state index in [9.17, 15) is 4.79 Å². The molecule has 3 rings (SSSR count). The highest BCUT2D eigenvalue weighted by Gasteiger charge is 2.27. The number of rotatable bonds is 2. The minimum atomic E-state index is -0.0564. The van der Waals surface area contributed by atoms with Gasteiger partial charge < -0.3 is 10.2 Å². The topological polar surface area (TPSA) is 63.1 Å². The van der Waals surface area contributed by atoms with Crippen LogP contribution in [-0.2, 0) is 0 Å². The number of nitrogens with zero attached hydrogens (tertiary/aromatic N) is 4. The Bertz CT molecular complexity index is 671. The van der Waals surface area contributed by atoms with Gasteiger partial charge in [-0.3, -0.25) is 4.79 Å². The van der Waals surface area contributed by atoms with Crippen LogP contribution in [0.2, 0.25) is 0 Å². The van der Waals surface area contributed by atoms with Crippen molar-refractivity contribution in [2.24, 2.45) is 0 Å². The van der Waals surface area contributed by atoms with Crippen molar-refractivity contribution in [3.63, 3.8) is 0 Å². The summed E-state index contributed by atoms with van der Waals surface area (Å²) in [5.41, 5.74) is 2.45. The van der Waals surface area contributed by atoms with E-state index in [1.165, 1.54) is 0 Å². The molecule has 2 unspecified atom stereocenters. The Kier molecular flexibility index (Phi) is 3.94. The van der Waals surface area contributed by atoms with Gasteiger partial charge in [0.15, 0.2) is 5.69 Å². The van der Waals surface area contributed by atoms with Crippen LogP contribution >= 0.6 is 0 Å². The van der Waals surface area contributed by atoms with Gasteiger partial charge in [-0.2, -0.15) is 0 Å². The average molecular weight is 299 g/mol. The van der Waals surface area contributed by atoms with Crippen molar-refractivity contribution in [2.45, 2.75) is 32.9 Å². The van der Waals surface area contributed by atoms with Gasteiger partial charge in [0.2, 0.25) is 0 Å². The minimum Gasteiger partial charge on any atom is -0.334 e. The summed E-state index contributed by atoms with van der Waals surface area (Å²) in [6.45, 7) is 7.58. The fourth-order valence-electron chi connectivity index (χ4n) is 2.91. The maximum atomic E-state index is 12.6. The first-order valence-electron chi connectivity index (χ1n) is 7.57. The van der Waals surface area contributed by atoms with Crippen molar-refractivity contribution in [3.05, 3.63) is 41.7 Å². The predicted octanol–water partition coefficient (Wildman–Crippen LogP) is 1.40. The predicted molar refractivity (Wildman–Crippen MR) is 84.1 cm³/mol. The van der Waals surface area contributed by atoms with Crippen molar-refractivity contribution < 1.29 is 4.79 Å². The molecule has 1 amide bonds. The second-order valence-corrected chi connectivity index (χ2v) is 6.07. The van der Waals surface area contributed by atoms with E-state index in [-0.39, 0.29) is 5.91 Å². The molecule has 22 heavy (non-hydrogen) atoms. The van der Waals surface area contributed by atoms with Crippen LogP contribution in [0.4, 0.5) is 0 Å². The molecule has 1 N–H and O–H groups in total. The van der Waals surface area contributed by atoms with E-state index in [2.05, 4.69) is 29.5 Å². The highest BCUT2D eigenvalue weighted by Crippen LogP contribution is 2.12. The van der Waals surface area contributed by atoms with Crippen molar-refractivity contribution in [1.82, 2.24) is 25.2 Å². The number of aryl methyl sites for hydroxylation is 1. The molecule has 1 aliphatic heterocycles. The average Bonchev–Trinajstić information content (AvgIpc) is 2.95. The summed E-state index contributed by atoms with van der Waals surface area (Å²) < 4.78 is 1.65. The van der Waals surface area contributed by atoms with E-state index in [4.69, 9.17) is 0 Å². The lowest BCUT2D eigenvalue weighted by molar-refractivity contribution is 0.0667. The second-order valence-electron chi connectivity index (χ2n) is 6.07. The summed E-state index contributed by atoms with van der Waals surface area (Å²) in [6, 6.07) is 8.53. The van der Waals surface area contributed by atoms with Gasteiger partial charge in [-0.05, 0) is 38.5 Å². The fourth-order valence-corrected chi connectivity index (χ4v) is 2.91. The zero-order valence-corrected chi connectivity index (χ0v) is 13.2. The second kappa shape index (κ2) is 5.88. The zero-order valence-electron chi connectivity index (χ0n) is 13.2. The highest BCUT2D eigenvalue weighted by molar-refractivity contribution is 5.92. The quantitative estimate of drug-likeness (QED) is 0.910. The molecular weight excluding hydrogens is 278 g/mol. The number of aromatic nitrogens is 3. The third kappa shape index (κ3) is 3.01. The first-order valence-corrected chi connectivity index (χ1v) is 7.57. The molecule has 0 aliphatic carbocycles. The van der Waals surface area contributed by atoms with Crippen LogP contribution in [0.25, 0.3) is 5.69 Å². The van der Waals surface area contributed by atoms with E-state index in [0.717, 1.165) is 11.3 Å². The monoisotopic (exact) mass is 299 g/mol. The van der Waals surface area contributed by atoms with Crippen LogP contribution in [0.3, 0.4) is 0 Å². The third-order valence-electron chi connectivity index (χ3n) is 3.82. The van der Waals surface area contributed by atoms with E-state index < -0.39 is 0 Å². The highest BCUT2D eigenvalue weighted by atomic mass is 16.2. The Labute approximate surface area is 130 Å². The standard InChI is InChI=1S/C16H21N5O/c1-11-5-4-6-14(7-11)21-10-15(18-19-21)16(22)20-8-12(2)17-13(3)9-20/h4-7,10,12-13,17H,8-9H2,1-3H3. The van der Waals surface area contributed by atoms with E-state index >= 15 is 0 Å². The lowest BCUT2D eigenvalue weighted by Crippen LogP contribution is -2.55. The molecular formula is C16H21N5O. The van der Waals surface area contributed by atoms with Crippen molar-refractivity contribution in [2.75, 3.05) is 13.1 Å². The van der Waals surface area contributed by atoms with E-state index in [1.54, 1.807) is 10.9 Å². The largest absolute Gasteiger partial charge is 0.334 e. The van der Waals surface area contributed by atoms with E-state index in [1.807, 2.05) is 36.1 Å². The molecule has 0 bridgehead atoms. The van der Waals surface area contributed by atoms with Crippen LogP contribution in [0.1, 0.15) is 29.9 Å². The summed E-state index contributed by atoms with van der Waals surface area (Å²) in [5, 5.41) is 11.6. The van der Waals surface area contributed by atoms with Crippen LogP contribution in [-0.4, -0.2) is 51.0 Å². The van der Waals surface area contributed by atoms with Gasteiger partial charge in [0, 0.05) is 25.2 Å². The molecule has 2 heterocycles. The van der Waals surface area contributed by atoms with Gasteiger partial charge in [0.1, 0.15) is 0 Å². The van der Waals surface area contributed by atoms with Crippen LogP contribution < -0.4 is 5.32 Å². The lowest BCUT2D eigenvalue weighted by Gasteiger charge is -2.35. The third-order valence-corrected chi connectivity index (χ3v) is 3.82. The maximum absolute atomic E-state index is 12.6. The van der Waals surface area contributed by atoms with Crippen LogP contribution in [0, 0.1) is 6.92 Å². The Hall–Kier alpha value is -2.21. The number of hydrogen-bond acceptors (Lipinski definition) is 4. The Balaban J connectivity index is 1.80. The number of benzene rings is 1. The molecule has 0 radical (unpaired) electrons. The van der Waals surface area contributed by atoms with Gasteiger partial charge in [-0.15, -0.1) is 5.10 Å². The molecule has 6 nitrogen and oxygen atoms in total. The lowest BCUT2D eigenvalue weighted by atomic mass is 10.1. The Morgan fingerprint density at radius 2 is 2.00 bits per heavy atom. The number of carbonyl (C=O) groups is 1. The van der Waals surface area contributed by atoms with Crippen LogP contribution in [0.5, 0.6) is 0 Å². The van der Waals surface area contributed by atoms with Crippen molar-refractivity contribution in [1.29, 1.82) is 0 Å². The molecule has 0 spiro atoms. The van der Waals surface area contributed by atoms with Gasteiger partial charge in [-0.25, -0.2) is 4.68 Å². The number of piperazine rings is 1. The normalized spacial score (nSPS) is 21.9. The van der Waals surface area contributed by atoms with Gasteiger partial charge in [0.05, 0.1) is 11.9 Å². The zero-order chi connectivity index (χ0) is 15.7.